The van der Waals surface area contributed by atoms with Crippen LogP contribution in [0.5, 0.6) is 0 Å². The van der Waals surface area contributed by atoms with Crippen LogP contribution in [0.25, 0.3) is 0 Å². The summed E-state index contributed by atoms with van der Waals surface area (Å²) in [5.41, 5.74) is 1.89. The Morgan fingerprint density at radius 3 is 2.59 bits per heavy atom. The standard InChI is InChI=1S/C23H27N5O4/c1-15-12-26-19-20(24-22(26)28(15)17-10-6-7-11-17)25(2)23(31)27(21(19)30)13-18(29)32-14-16-8-4-3-5-9-16/h3-5,8-9,12,17,19-20H,6-7,10-11,13-14H2,1-2H3. The summed E-state index contributed by atoms with van der Waals surface area (Å²) < 4.78 is 5.30. The first-order chi connectivity index (χ1) is 15.5. The number of rotatable bonds is 5. The van der Waals surface area contributed by atoms with E-state index in [1.54, 1.807) is 7.05 Å². The number of nitrogens with zero attached hydrogens (tertiary/aromatic N) is 5. The van der Waals surface area contributed by atoms with Crippen molar-refractivity contribution in [2.45, 2.75) is 57.5 Å². The monoisotopic (exact) mass is 437 g/mol. The summed E-state index contributed by atoms with van der Waals surface area (Å²) in [6.07, 6.45) is 5.89. The summed E-state index contributed by atoms with van der Waals surface area (Å²) >= 11 is 0. The molecular weight excluding hydrogens is 410 g/mol. The second-order valence-electron chi connectivity index (χ2n) is 8.74. The van der Waals surface area contributed by atoms with Crippen LogP contribution in [-0.2, 0) is 20.9 Å². The summed E-state index contributed by atoms with van der Waals surface area (Å²) in [4.78, 5) is 50.0. The van der Waals surface area contributed by atoms with Gasteiger partial charge in [-0.2, -0.15) is 0 Å². The minimum atomic E-state index is -0.670. The molecule has 2 unspecified atom stereocenters. The molecule has 0 radical (unpaired) electrons. The van der Waals surface area contributed by atoms with Crippen molar-refractivity contribution in [3.8, 4) is 0 Å². The SMILES string of the molecule is CC1=CN2C(=NC3C2C(=O)N(CC(=O)OCc2ccccc2)C(=O)N3C)N1C1CCCC1. The molecule has 9 nitrogen and oxygen atoms in total. The molecule has 9 heteroatoms. The molecule has 0 aromatic heterocycles. The number of carbonyl (C=O) groups is 3. The number of likely N-dealkylation sites (N-methyl/N-ethyl adjacent to an activating group) is 1. The molecule has 1 aromatic rings. The van der Waals surface area contributed by atoms with Gasteiger partial charge in [-0.15, -0.1) is 0 Å². The Labute approximate surface area is 186 Å². The van der Waals surface area contributed by atoms with E-state index in [0.717, 1.165) is 35.0 Å². The van der Waals surface area contributed by atoms with Crippen LogP contribution in [0.4, 0.5) is 4.79 Å². The summed E-state index contributed by atoms with van der Waals surface area (Å²) in [7, 11) is 1.62. The van der Waals surface area contributed by atoms with Crippen molar-refractivity contribution in [2.75, 3.05) is 13.6 Å². The van der Waals surface area contributed by atoms with Crippen LogP contribution >= 0.6 is 0 Å². The number of imide groups is 1. The van der Waals surface area contributed by atoms with E-state index in [1.807, 2.05) is 48.4 Å². The van der Waals surface area contributed by atoms with Crippen molar-refractivity contribution in [3.63, 3.8) is 0 Å². The summed E-state index contributed by atoms with van der Waals surface area (Å²) in [6, 6.07) is 8.44. The number of hydrogen-bond acceptors (Lipinski definition) is 7. The van der Waals surface area contributed by atoms with Crippen molar-refractivity contribution in [3.05, 3.63) is 47.8 Å². The van der Waals surface area contributed by atoms with Crippen LogP contribution in [-0.4, -0.2) is 75.3 Å². The maximum atomic E-state index is 13.4. The van der Waals surface area contributed by atoms with Crippen LogP contribution in [0.3, 0.4) is 0 Å². The molecule has 3 heterocycles. The lowest BCUT2D eigenvalue weighted by atomic mass is 10.1. The van der Waals surface area contributed by atoms with Gasteiger partial charge in [-0.1, -0.05) is 43.2 Å². The Bertz CT molecular complexity index is 1000. The van der Waals surface area contributed by atoms with Gasteiger partial charge in [0.2, 0.25) is 5.96 Å². The lowest BCUT2D eigenvalue weighted by Crippen LogP contribution is -2.65. The molecular formula is C23H27N5O4. The molecule has 1 aliphatic carbocycles. The lowest BCUT2D eigenvalue weighted by molar-refractivity contribution is -0.151. The summed E-state index contributed by atoms with van der Waals surface area (Å²) in [5.74, 6) is -0.320. The van der Waals surface area contributed by atoms with Gasteiger partial charge in [-0.25, -0.2) is 9.79 Å². The number of fused-ring (bicyclic) bond motifs is 3. The number of carbonyl (C=O) groups excluding carboxylic acids is 3. The van der Waals surface area contributed by atoms with E-state index >= 15 is 0 Å². The van der Waals surface area contributed by atoms with Crippen molar-refractivity contribution < 1.29 is 19.1 Å². The Hall–Kier alpha value is -3.36. The normalized spacial score (nSPS) is 25.2. The van der Waals surface area contributed by atoms with Gasteiger partial charge in [-0.05, 0) is 25.3 Å². The van der Waals surface area contributed by atoms with Crippen molar-refractivity contribution in [1.29, 1.82) is 0 Å². The minimum Gasteiger partial charge on any atom is -0.459 e. The first kappa shape index (κ1) is 20.5. The second kappa shape index (κ2) is 7.96. The Morgan fingerprint density at radius 1 is 1.16 bits per heavy atom. The molecule has 1 saturated heterocycles. The van der Waals surface area contributed by atoms with E-state index in [1.165, 1.54) is 17.7 Å². The number of ether oxygens (including phenoxy) is 1. The van der Waals surface area contributed by atoms with Crippen LogP contribution in [0, 0.1) is 0 Å². The lowest BCUT2D eigenvalue weighted by Gasteiger charge is -2.39. The van der Waals surface area contributed by atoms with E-state index in [4.69, 9.17) is 9.73 Å². The van der Waals surface area contributed by atoms with Gasteiger partial charge in [-0.3, -0.25) is 14.5 Å². The molecule has 1 saturated carbocycles. The highest BCUT2D eigenvalue weighted by molar-refractivity contribution is 6.06. The molecule has 2 atom stereocenters. The number of urea groups is 1. The van der Waals surface area contributed by atoms with Crippen LogP contribution in [0.15, 0.2) is 47.2 Å². The van der Waals surface area contributed by atoms with Crippen LogP contribution in [0.2, 0.25) is 0 Å². The Morgan fingerprint density at radius 2 is 1.88 bits per heavy atom. The van der Waals surface area contributed by atoms with E-state index in [0.29, 0.717) is 6.04 Å². The molecule has 5 rings (SSSR count). The Balaban J connectivity index is 1.31. The molecule has 168 valence electrons. The average Bonchev–Trinajstić information content (AvgIpc) is 3.50. The molecule has 0 N–H and O–H groups in total. The highest BCUT2D eigenvalue weighted by Gasteiger charge is 2.55. The van der Waals surface area contributed by atoms with Crippen LogP contribution < -0.4 is 0 Å². The van der Waals surface area contributed by atoms with E-state index < -0.39 is 36.7 Å². The fraction of sp³-hybridized carbons (Fsp3) is 0.478. The third-order valence-corrected chi connectivity index (χ3v) is 6.65. The first-order valence-electron chi connectivity index (χ1n) is 11.1. The number of amides is 3. The topological polar surface area (TPSA) is 85.8 Å². The van der Waals surface area contributed by atoms with Crippen molar-refractivity contribution in [1.82, 2.24) is 19.6 Å². The number of hydrogen-bond donors (Lipinski definition) is 0. The van der Waals surface area contributed by atoms with Crippen LogP contribution in [0.1, 0.15) is 38.2 Å². The predicted molar refractivity (Wildman–Crippen MR) is 116 cm³/mol. The van der Waals surface area contributed by atoms with E-state index in [2.05, 4.69) is 4.90 Å². The molecule has 1 aromatic carbocycles. The largest absolute Gasteiger partial charge is 0.459 e. The van der Waals surface area contributed by atoms with Crippen molar-refractivity contribution >= 4 is 23.9 Å². The van der Waals surface area contributed by atoms with Gasteiger partial charge >= 0.3 is 12.0 Å². The fourth-order valence-corrected chi connectivity index (χ4v) is 5.04. The fourth-order valence-electron chi connectivity index (χ4n) is 5.04. The summed E-state index contributed by atoms with van der Waals surface area (Å²) in [6.45, 7) is 1.70. The molecule has 3 aliphatic heterocycles. The number of aliphatic imine (C=N–C) groups is 1. The number of benzene rings is 1. The minimum absolute atomic E-state index is 0.0927. The highest BCUT2D eigenvalue weighted by atomic mass is 16.5. The van der Waals surface area contributed by atoms with E-state index in [-0.39, 0.29) is 6.61 Å². The molecule has 0 spiro atoms. The smallest absolute Gasteiger partial charge is 0.328 e. The van der Waals surface area contributed by atoms with Crippen molar-refractivity contribution in [2.24, 2.45) is 4.99 Å². The second-order valence-corrected chi connectivity index (χ2v) is 8.74. The zero-order valence-corrected chi connectivity index (χ0v) is 18.3. The number of guanidine groups is 1. The molecule has 2 fully saturated rings. The van der Waals surface area contributed by atoms with E-state index in [9.17, 15) is 14.4 Å². The van der Waals surface area contributed by atoms with Gasteiger partial charge in [0.25, 0.3) is 5.91 Å². The first-order valence-corrected chi connectivity index (χ1v) is 11.1. The maximum absolute atomic E-state index is 13.4. The number of esters is 1. The Kier molecular flexibility index (Phi) is 5.11. The summed E-state index contributed by atoms with van der Waals surface area (Å²) in [5, 5.41) is 0. The highest BCUT2D eigenvalue weighted by Crippen LogP contribution is 2.37. The maximum Gasteiger partial charge on any atom is 0.328 e. The average molecular weight is 438 g/mol. The van der Waals surface area contributed by atoms with Gasteiger partial charge < -0.3 is 19.4 Å². The van der Waals surface area contributed by atoms with Gasteiger partial charge in [0.05, 0.1) is 0 Å². The zero-order chi connectivity index (χ0) is 22.4. The molecule has 32 heavy (non-hydrogen) atoms. The van der Waals surface area contributed by atoms with Gasteiger partial charge in [0, 0.05) is 25.0 Å². The number of allylic oxidation sites excluding steroid dienone is 1. The van der Waals surface area contributed by atoms with Gasteiger partial charge in [0.15, 0.2) is 12.2 Å². The molecule has 0 bridgehead atoms. The molecule has 4 aliphatic rings. The molecule has 3 amide bonds. The quantitative estimate of drug-likeness (QED) is 0.656. The zero-order valence-electron chi connectivity index (χ0n) is 18.3. The third kappa shape index (κ3) is 3.32. The third-order valence-electron chi connectivity index (χ3n) is 6.65. The predicted octanol–water partition coefficient (Wildman–Crippen LogP) is 2.11. The van der Waals surface area contributed by atoms with Gasteiger partial charge in [0.1, 0.15) is 13.2 Å².